The maximum absolute atomic E-state index is 12.4. The van der Waals surface area contributed by atoms with Gasteiger partial charge in [-0.2, -0.15) is 0 Å². The molecular formula is C20H24O4. The highest BCUT2D eigenvalue weighted by Crippen LogP contribution is 2.48. The minimum atomic E-state index is -1.26. The van der Waals surface area contributed by atoms with Gasteiger partial charge in [-0.3, -0.25) is 9.59 Å². The van der Waals surface area contributed by atoms with Gasteiger partial charge in [0.1, 0.15) is 0 Å². The summed E-state index contributed by atoms with van der Waals surface area (Å²) in [5.41, 5.74) is 1.97. The standard InChI is InChI=1S/C20H24O4/c1-14(2)10-16-12-20(18(21)23-3,19(22)24-4)13-17(16)11-15-8-6-5-7-9-15/h5-11,16H,12-13H2,1-4H3/b17-11+. The Morgan fingerprint density at radius 2 is 1.67 bits per heavy atom. The average Bonchev–Trinajstić information content (AvgIpc) is 2.93. The lowest BCUT2D eigenvalue weighted by Crippen LogP contribution is -2.39. The molecular weight excluding hydrogens is 304 g/mol. The van der Waals surface area contributed by atoms with Crippen LogP contribution in [0.4, 0.5) is 0 Å². The van der Waals surface area contributed by atoms with Gasteiger partial charge >= 0.3 is 11.9 Å². The van der Waals surface area contributed by atoms with Gasteiger partial charge in [-0.15, -0.1) is 0 Å². The number of allylic oxidation sites excluding steroid dienone is 3. The number of benzene rings is 1. The van der Waals surface area contributed by atoms with Crippen molar-refractivity contribution in [1.29, 1.82) is 0 Å². The highest BCUT2D eigenvalue weighted by Gasteiger charge is 2.54. The lowest BCUT2D eigenvalue weighted by molar-refractivity contribution is -0.168. The minimum Gasteiger partial charge on any atom is -0.468 e. The van der Waals surface area contributed by atoms with Gasteiger partial charge < -0.3 is 9.47 Å². The highest BCUT2D eigenvalue weighted by molar-refractivity contribution is 6.01. The number of methoxy groups -OCH3 is 2. The maximum Gasteiger partial charge on any atom is 0.323 e. The van der Waals surface area contributed by atoms with Crippen molar-refractivity contribution in [1.82, 2.24) is 0 Å². The van der Waals surface area contributed by atoms with Gasteiger partial charge in [-0.25, -0.2) is 0 Å². The van der Waals surface area contributed by atoms with E-state index in [1.165, 1.54) is 14.2 Å². The molecule has 1 fully saturated rings. The van der Waals surface area contributed by atoms with E-state index in [-0.39, 0.29) is 5.92 Å². The Kier molecular flexibility index (Phi) is 5.60. The van der Waals surface area contributed by atoms with Crippen LogP contribution in [0.25, 0.3) is 6.08 Å². The number of esters is 2. The molecule has 0 heterocycles. The van der Waals surface area contributed by atoms with Crippen molar-refractivity contribution in [3.8, 4) is 0 Å². The first kappa shape index (κ1) is 18.0. The summed E-state index contributed by atoms with van der Waals surface area (Å²) in [6.07, 6.45) is 4.84. The summed E-state index contributed by atoms with van der Waals surface area (Å²) < 4.78 is 9.85. The van der Waals surface area contributed by atoms with Crippen LogP contribution in [-0.2, 0) is 19.1 Å². The third-order valence-electron chi connectivity index (χ3n) is 4.39. The smallest absolute Gasteiger partial charge is 0.323 e. The summed E-state index contributed by atoms with van der Waals surface area (Å²) in [5, 5.41) is 0. The van der Waals surface area contributed by atoms with E-state index >= 15 is 0 Å². The van der Waals surface area contributed by atoms with E-state index in [2.05, 4.69) is 12.2 Å². The van der Waals surface area contributed by atoms with Gasteiger partial charge in [0.25, 0.3) is 0 Å². The summed E-state index contributed by atoms with van der Waals surface area (Å²) in [6, 6.07) is 9.89. The second-order valence-corrected chi connectivity index (χ2v) is 6.43. The molecule has 4 heteroatoms. The Morgan fingerprint density at radius 3 is 2.17 bits per heavy atom. The molecule has 0 saturated heterocycles. The third-order valence-corrected chi connectivity index (χ3v) is 4.39. The minimum absolute atomic E-state index is 0.00778. The molecule has 1 aliphatic carbocycles. The van der Waals surface area contributed by atoms with Crippen molar-refractivity contribution < 1.29 is 19.1 Å². The molecule has 0 aliphatic heterocycles. The van der Waals surface area contributed by atoms with Crippen molar-refractivity contribution >= 4 is 18.0 Å². The number of hydrogen-bond acceptors (Lipinski definition) is 4. The molecule has 0 amide bonds. The Morgan fingerprint density at radius 1 is 1.08 bits per heavy atom. The Hall–Kier alpha value is -2.36. The van der Waals surface area contributed by atoms with Gasteiger partial charge in [0.2, 0.25) is 0 Å². The molecule has 1 atom stereocenters. The molecule has 1 unspecified atom stereocenters. The van der Waals surface area contributed by atoms with E-state index in [0.717, 1.165) is 16.7 Å². The normalized spacial score (nSPS) is 20.5. The van der Waals surface area contributed by atoms with Crippen molar-refractivity contribution in [2.24, 2.45) is 11.3 Å². The molecule has 1 saturated carbocycles. The Labute approximate surface area is 143 Å². The summed E-state index contributed by atoms with van der Waals surface area (Å²) in [6.45, 7) is 4.02. The zero-order chi connectivity index (χ0) is 17.7. The third kappa shape index (κ3) is 3.58. The number of ether oxygens (including phenoxy) is 2. The predicted octanol–water partition coefficient (Wildman–Crippen LogP) is 3.78. The van der Waals surface area contributed by atoms with Gasteiger partial charge in [0.05, 0.1) is 14.2 Å². The Balaban J connectivity index is 2.49. The monoisotopic (exact) mass is 328 g/mol. The number of hydrogen-bond donors (Lipinski definition) is 0. The van der Waals surface area contributed by atoms with Crippen molar-refractivity contribution in [2.75, 3.05) is 14.2 Å². The molecule has 0 radical (unpaired) electrons. The Bertz CT molecular complexity index is 650. The molecule has 1 aliphatic rings. The highest BCUT2D eigenvalue weighted by atomic mass is 16.5. The molecule has 0 N–H and O–H groups in total. The lowest BCUT2D eigenvalue weighted by atomic mass is 9.85. The van der Waals surface area contributed by atoms with Crippen LogP contribution in [0, 0.1) is 11.3 Å². The number of carbonyl (C=O) groups excluding carboxylic acids is 2. The molecule has 0 bridgehead atoms. The topological polar surface area (TPSA) is 52.6 Å². The first-order valence-corrected chi connectivity index (χ1v) is 8.00. The van der Waals surface area contributed by atoms with Crippen LogP contribution in [0.15, 0.2) is 47.6 Å². The fourth-order valence-corrected chi connectivity index (χ4v) is 3.33. The van der Waals surface area contributed by atoms with Crippen molar-refractivity contribution in [2.45, 2.75) is 26.7 Å². The number of rotatable bonds is 4. The zero-order valence-corrected chi connectivity index (χ0v) is 14.7. The van der Waals surface area contributed by atoms with Gasteiger partial charge in [-0.1, -0.05) is 53.6 Å². The van der Waals surface area contributed by atoms with Gasteiger partial charge in [0.15, 0.2) is 5.41 Å². The zero-order valence-electron chi connectivity index (χ0n) is 14.7. The summed E-state index contributed by atoms with van der Waals surface area (Å²) in [4.78, 5) is 24.8. The van der Waals surface area contributed by atoms with Crippen molar-refractivity contribution in [3.63, 3.8) is 0 Å². The molecule has 1 aromatic carbocycles. The molecule has 2 rings (SSSR count). The van der Waals surface area contributed by atoms with Gasteiger partial charge in [-0.05, 0) is 38.2 Å². The van der Waals surface area contributed by atoms with Gasteiger partial charge in [0, 0.05) is 0 Å². The predicted molar refractivity (Wildman–Crippen MR) is 93.0 cm³/mol. The molecule has 24 heavy (non-hydrogen) atoms. The van der Waals surface area contributed by atoms with Crippen LogP contribution in [-0.4, -0.2) is 26.2 Å². The van der Waals surface area contributed by atoms with E-state index in [1.807, 2.05) is 44.2 Å². The first-order valence-electron chi connectivity index (χ1n) is 8.00. The molecule has 4 nitrogen and oxygen atoms in total. The van der Waals surface area contributed by atoms with Crippen LogP contribution in [0.1, 0.15) is 32.3 Å². The number of carbonyl (C=O) groups is 2. The van der Waals surface area contributed by atoms with Crippen LogP contribution >= 0.6 is 0 Å². The molecule has 128 valence electrons. The molecule has 0 aromatic heterocycles. The largest absolute Gasteiger partial charge is 0.468 e. The van der Waals surface area contributed by atoms with Crippen LogP contribution in [0.3, 0.4) is 0 Å². The summed E-state index contributed by atoms with van der Waals surface area (Å²) in [5.74, 6) is -1.05. The molecule has 1 aromatic rings. The fraction of sp³-hybridized carbons (Fsp3) is 0.400. The van der Waals surface area contributed by atoms with Crippen LogP contribution in [0.5, 0.6) is 0 Å². The quantitative estimate of drug-likeness (QED) is 0.479. The maximum atomic E-state index is 12.4. The SMILES string of the molecule is COC(=O)C1(C(=O)OC)C/C(=C\c2ccccc2)C(C=C(C)C)C1. The summed E-state index contributed by atoms with van der Waals surface area (Å²) in [7, 11) is 2.61. The molecule has 0 spiro atoms. The lowest BCUT2D eigenvalue weighted by Gasteiger charge is -2.22. The van der Waals surface area contributed by atoms with Crippen LogP contribution < -0.4 is 0 Å². The van der Waals surface area contributed by atoms with E-state index < -0.39 is 17.4 Å². The first-order chi connectivity index (χ1) is 11.4. The van der Waals surface area contributed by atoms with E-state index in [1.54, 1.807) is 0 Å². The second kappa shape index (κ2) is 7.47. The second-order valence-electron chi connectivity index (χ2n) is 6.43. The average molecular weight is 328 g/mol. The van der Waals surface area contributed by atoms with E-state index in [4.69, 9.17) is 9.47 Å². The van der Waals surface area contributed by atoms with Crippen LogP contribution in [0.2, 0.25) is 0 Å². The van der Waals surface area contributed by atoms with Crippen molar-refractivity contribution in [3.05, 3.63) is 53.1 Å². The van der Waals surface area contributed by atoms with E-state index in [0.29, 0.717) is 12.8 Å². The van der Waals surface area contributed by atoms with E-state index in [9.17, 15) is 9.59 Å². The summed E-state index contributed by atoms with van der Waals surface area (Å²) >= 11 is 0. The fourth-order valence-electron chi connectivity index (χ4n) is 3.33.